The third-order valence-electron chi connectivity index (χ3n) is 0. The summed E-state index contributed by atoms with van der Waals surface area (Å²) in [5.74, 6) is 0. The van der Waals surface area contributed by atoms with Gasteiger partial charge in [-0.25, -0.2) is 0 Å². The monoisotopic (exact) mass is 416 g/mol. The summed E-state index contributed by atoms with van der Waals surface area (Å²) in [5, 5.41) is 0. The minimum Gasteiger partial charge on any atom is -0.822 e. The smallest absolute Gasteiger partial charge is 0.822 e. The van der Waals surface area contributed by atoms with E-state index >= 15 is 0 Å². The van der Waals surface area contributed by atoms with Crippen LogP contribution in [0, 0.1) is 22.3 Å². The Morgan fingerprint density at radius 1 is 0.304 bits per heavy atom. The molecule has 0 aromatic heterocycles. The molecular weight excluding hydrogens is 416 g/mol. The van der Waals surface area contributed by atoms with Crippen LogP contribution in [0.1, 0.15) is 0 Å². The summed E-state index contributed by atoms with van der Waals surface area (Å²) in [5.41, 5.74) is 0. The Morgan fingerprint density at radius 3 is 0.304 bits per heavy atom. The summed E-state index contributed by atoms with van der Waals surface area (Å²) in [6, 6.07) is 0. The molecule has 0 atom stereocenters. The average molecular weight is 416 g/mol. The van der Waals surface area contributed by atoms with Gasteiger partial charge in [0.05, 0.1) is 0 Å². The Bertz CT molecular complexity index is 292. The fourth-order valence-corrected chi connectivity index (χ4v) is 0. The van der Waals surface area contributed by atoms with Crippen molar-refractivity contribution in [3.05, 3.63) is 22.3 Å². The third kappa shape index (κ3) is 48400. The minimum absolute atomic E-state index is 0. The van der Waals surface area contributed by atoms with E-state index in [0.717, 1.165) is 0 Å². The van der Waals surface area contributed by atoms with Crippen LogP contribution in [0.25, 0.3) is 0 Å². The van der Waals surface area contributed by atoms with E-state index in [-0.39, 0.29) is 22.3 Å². The molecule has 0 heterocycles. The van der Waals surface area contributed by atoms with Crippen LogP contribution in [-0.4, -0.2) is 0 Å². The van der Waals surface area contributed by atoms with E-state index in [4.69, 9.17) is 77.0 Å². The van der Waals surface area contributed by atoms with Crippen LogP contribution < -0.4 is 58.7 Å². The molecule has 128 valence electrons. The van der Waals surface area contributed by atoms with E-state index in [2.05, 4.69) is 0 Å². The molecule has 0 unspecified atom stereocenters. The first-order valence-electron chi connectivity index (χ1n) is 2.92. The van der Waals surface area contributed by atoms with E-state index in [9.17, 15) is 0 Å². The Labute approximate surface area is 131 Å². The number of hydrogen-bond donors (Lipinski definition) is 0. The van der Waals surface area contributed by atoms with E-state index in [1.54, 1.807) is 0 Å². The standard InChI is InChI=1S/3C.4H3O4P/c;;;4*1-5(2,3)4/h;;;4*(H3,1,2,3,4)/q3*+4;;;;/p-12. The van der Waals surface area contributed by atoms with Crippen molar-refractivity contribution >= 4 is 31.3 Å². The van der Waals surface area contributed by atoms with Gasteiger partial charge in [-0.1, -0.05) is 0 Å². The molecule has 0 saturated carbocycles. The molecule has 0 aliphatic rings. The number of rotatable bonds is 0. The zero-order valence-electron chi connectivity index (χ0n) is 9.82. The van der Waals surface area contributed by atoms with Gasteiger partial charge in [0, 0.05) is 0 Å². The second-order valence-corrected chi connectivity index (χ2v) is 5.37. The first-order chi connectivity index (χ1) is 8.00. The SMILES string of the molecule is O=P([O-])([O-])[O-].O=P([O-])([O-])[O-].O=P([O-])([O-])[O-].O=P([O-])([O-])[O-].[C+4].[C+4].[C+4]. The molecule has 0 aliphatic carbocycles. The van der Waals surface area contributed by atoms with Crippen LogP contribution >= 0.6 is 31.3 Å². The average Bonchev–Trinajstić information content (AvgIpc) is 1.62. The Hall–Kier alpha value is 0.440. The minimum atomic E-state index is -5.39. The molecule has 0 aliphatic heterocycles. The van der Waals surface area contributed by atoms with Crippen molar-refractivity contribution in [1.29, 1.82) is 0 Å². The van der Waals surface area contributed by atoms with Gasteiger partial charge in [0.1, 0.15) is 0 Å². The van der Waals surface area contributed by atoms with E-state index in [0.29, 0.717) is 0 Å². The number of hydrogen-bond acceptors (Lipinski definition) is 16. The van der Waals surface area contributed by atoms with Crippen molar-refractivity contribution in [2.24, 2.45) is 0 Å². The van der Waals surface area contributed by atoms with E-state index in [1.165, 1.54) is 0 Å². The van der Waals surface area contributed by atoms with Gasteiger partial charge in [0.15, 0.2) is 0 Å². The molecule has 0 rings (SSSR count). The van der Waals surface area contributed by atoms with Crippen LogP contribution in [0.2, 0.25) is 0 Å². The fraction of sp³-hybridized carbons (Fsp3) is 0. The Morgan fingerprint density at radius 2 is 0.304 bits per heavy atom. The normalized spacial score (nSPS) is 10.3. The van der Waals surface area contributed by atoms with Gasteiger partial charge < -0.3 is 77.0 Å². The predicted octanol–water partition coefficient (Wildman–Crippen LogP) is -11.1. The van der Waals surface area contributed by atoms with Crippen molar-refractivity contribution in [2.75, 3.05) is 0 Å². The fourth-order valence-electron chi connectivity index (χ4n) is 0. The van der Waals surface area contributed by atoms with E-state index in [1.807, 2.05) is 0 Å². The first kappa shape index (κ1) is 43.7. The van der Waals surface area contributed by atoms with Gasteiger partial charge in [-0.3, -0.25) is 0 Å². The summed E-state index contributed by atoms with van der Waals surface area (Å²) < 4.78 is 34.2. The maximum absolute atomic E-state index is 8.55. The molecule has 0 fully saturated rings. The molecule has 0 radical (unpaired) electrons. The maximum atomic E-state index is 8.55. The second kappa shape index (κ2) is 17.3. The molecule has 0 N–H and O–H groups in total. The molecule has 0 aromatic rings. The first-order valence-corrected chi connectivity index (χ1v) is 8.76. The molecule has 23 heavy (non-hydrogen) atoms. The van der Waals surface area contributed by atoms with Crippen molar-refractivity contribution in [3.8, 4) is 0 Å². The van der Waals surface area contributed by atoms with E-state index < -0.39 is 31.3 Å². The maximum Gasteiger partial charge on any atom is 4.00 e. The van der Waals surface area contributed by atoms with Gasteiger partial charge in [-0.15, -0.1) is 0 Å². The van der Waals surface area contributed by atoms with Crippen LogP contribution in [0.3, 0.4) is 0 Å². The molecule has 0 bridgehead atoms. The molecule has 0 spiro atoms. The van der Waals surface area contributed by atoms with Crippen LogP contribution in [0.5, 0.6) is 0 Å². The van der Waals surface area contributed by atoms with Crippen molar-refractivity contribution in [3.63, 3.8) is 0 Å². The zero-order valence-corrected chi connectivity index (χ0v) is 13.4. The summed E-state index contributed by atoms with van der Waals surface area (Å²) in [6.07, 6.45) is 0. The van der Waals surface area contributed by atoms with Gasteiger partial charge in [-0.05, 0) is 0 Å². The second-order valence-electron chi connectivity index (χ2n) is 1.79. The van der Waals surface area contributed by atoms with Crippen molar-refractivity contribution in [2.45, 2.75) is 0 Å². The zero-order chi connectivity index (χ0) is 18.0. The molecule has 0 saturated heterocycles. The molecule has 20 heteroatoms. The Balaban J connectivity index is -0.0000000284. The number of phosphoric acid groups is 4. The van der Waals surface area contributed by atoms with Crippen molar-refractivity contribution in [1.82, 2.24) is 0 Å². The quantitative estimate of drug-likeness (QED) is 0.331. The van der Waals surface area contributed by atoms with Gasteiger partial charge >= 0.3 is 22.3 Å². The largest absolute Gasteiger partial charge is 4.00 e. The summed E-state index contributed by atoms with van der Waals surface area (Å²) >= 11 is 0. The van der Waals surface area contributed by atoms with Gasteiger partial charge in [0.2, 0.25) is 0 Å². The van der Waals surface area contributed by atoms with Crippen LogP contribution in [0.15, 0.2) is 0 Å². The third-order valence-corrected chi connectivity index (χ3v) is 0. The van der Waals surface area contributed by atoms with Gasteiger partial charge in [-0.2, -0.15) is 31.3 Å². The molecule has 0 amide bonds. The van der Waals surface area contributed by atoms with Crippen LogP contribution in [0.4, 0.5) is 0 Å². The molecular formula is C3O16P4. The van der Waals surface area contributed by atoms with Crippen LogP contribution in [-0.2, 0) is 18.3 Å². The van der Waals surface area contributed by atoms with Crippen molar-refractivity contribution < 1.29 is 77.0 Å². The topological polar surface area (TPSA) is 345 Å². The Kier molecular flexibility index (Phi) is 32.8. The summed E-state index contributed by atoms with van der Waals surface area (Å²) in [4.78, 5) is 103. The predicted molar refractivity (Wildman–Crippen MR) is 40.2 cm³/mol. The molecule has 16 nitrogen and oxygen atoms in total. The summed E-state index contributed by atoms with van der Waals surface area (Å²) in [7, 11) is -21.6. The molecule has 0 aromatic carbocycles. The van der Waals surface area contributed by atoms with Gasteiger partial charge in [0.25, 0.3) is 0 Å². The summed E-state index contributed by atoms with van der Waals surface area (Å²) in [6.45, 7) is 0.